The summed E-state index contributed by atoms with van der Waals surface area (Å²) in [6.45, 7) is 2.01. The van der Waals surface area contributed by atoms with Crippen molar-refractivity contribution in [3.05, 3.63) is 46.5 Å². The van der Waals surface area contributed by atoms with Crippen LogP contribution in [-0.2, 0) is 16.9 Å². The van der Waals surface area contributed by atoms with Gasteiger partial charge in [0.05, 0.1) is 6.54 Å². The average molecular weight is 342 g/mol. The number of ketones is 1. The number of halogens is 2. The molecule has 0 aliphatic heterocycles. The number of nitrogens with zero attached hydrogens (tertiary/aromatic N) is 3. The van der Waals surface area contributed by atoms with Gasteiger partial charge in [0, 0.05) is 28.5 Å². The minimum atomic E-state index is -1.46. The third-order valence-electron chi connectivity index (χ3n) is 3.34. The molecule has 2 aromatic rings. The van der Waals surface area contributed by atoms with E-state index in [1.54, 1.807) is 18.2 Å². The summed E-state index contributed by atoms with van der Waals surface area (Å²) in [5, 5.41) is 15.9. The Morgan fingerprint density at radius 2 is 2.18 bits per heavy atom. The summed E-state index contributed by atoms with van der Waals surface area (Å²) in [4.78, 5) is 15.9. The van der Waals surface area contributed by atoms with Crippen LogP contribution in [0.3, 0.4) is 0 Å². The third kappa shape index (κ3) is 4.06. The fourth-order valence-electron chi connectivity index (χ4n) is 2.38. The van der Waals surface area contributed by atoms with Gasteiger partial charge >= 0.3 is 0 Å². The summed E-state index contributed by atoms with van der Waals surface area (Å²) < 4.78 is 1.48. The van der Waals surface area contributed by atoms with Gasteiger partial charge in [-0.3, -0.25) is 4.79 Å². The molecule has 0 saturated heterocycles. The van der Waals surface area contributed by atoms with Crippen molar-refractivity contribution in [3.63, 3.8) is 0 Å². The van der Waals surface area contributed by atoms with Crippen LogP contribution in [0.2, 0.25) is 10.0 Å². The molecule has 0 aliphatic carbocycles. The summed E-state index contributed by atoms with van der Waals surface area (Å²) in [6.07, 6.45) is 3.95. The number of Topliss-reactive ketones (excluding diaryl/α,β-unsaturated/α-hetero) is 1. The van der Waals surface area contributed by atoms with Crippen LogP contribution < -0.4 is 0 Å². The summed E-state index contributed by atoms with van der Waals surface area (Å²) >= 11 is 12.1. The normalized spacial score (nSPS) is 13.8. The van der Waals surface area contributed by atoms with Crippen molar-refractivity contribution in [3.8, 4) is 0 Å². The van der Waals surface area contributed by atoms with Crippen molar-refractivity contribution in [2.45, 2.75) is 38.3 Å². The quantitative estimate of drug-likeness (QED) is 0.839. The van der Waals surface area contributed by atoms with Crippen molar-refractivity contribution in [1.29, 1.82) is 0 Å². The van der Waals surface area contributed by atoms with Crippen molar-refractivity contribution in [1.82, 2.24) is 14.8 Å². The Morgan fingerprint density at radius 1 is 1.41 bits per heavy atom. The number of hydrogen-bond donors (Lipinski definition) is 1. The van der Waals surface area contributed by atoms with Crippen LogP contribution in [0, 0.1) is 0 Å². The fraction of sp³-hybridized carbons (Fsp3) is 0.400. The first-order valence-corrected chi connectivity index (χ1v) is 7.72. The van der Waals surface area contributed by atoms with E-state index >= 15 is 0 Å². The Hall–Kier alpha value is -1.43. The summed E-state index contributed by atoms with van der Waals surface area (Å²) in [5.41, 5.74) is -1.000. The van der Waals surface area contributed by atoms with E-state index in [4.69, 9.17) is 23.2 Å². The van der Waals surface area contributed by atoms with Gasteiger partial charge in [-0.2, -0.15) is 5.10 Å². The SMILES string of the molecule is CCCC(=O)CC(O)(Cn1cncn1)c1ccc(Cl)cc1Cl. The Bertz CT molecular complexity index is 646. The molecule has 0 amide bonds. The van der Waals surface area contributed by atoms with Crippen LogP contribution in [-0.4, -0.2) is 25.7 Å². The first-order valence-electron chi connectivity index (χ1n) is 6.96. The van der Waals surface area contributed by atoms with Crippen LogP contribution in [0.1, 0.15) is 31.7 Å². The van der Waals surface area contributed by atoms with E-state index in [0.29, 0.717) is 22.0 Å². The second kappa shape index (κ2) is 7.22. The third-order valence-corrected chi connectivity index (χ3v) is 3.89. The number of hydrogen-bond acceptors (Lipinski definition) is 4. The lowest BCUT2D eigenvalue weighted by Gasteiger charge is -2.29. The van der Waals surface area contributed by atoms with Crippen molar-refractivity contribution in [2.75, 3.05) is 0 Å². The Morgan fingerprint density at radius 3 is 2.77 bits per heavy atom. The smallest absolute Gasteiger partial charge is 0.137 e. The molecule has 0 fully saturated rings. The van der Waals surface area contributed by atoms with Gasteiger partial charge in [-0.15, -0.1) is 0 Å². The molecule has 1 N–H and O–H groups in total. The minimum absolute atomic E-state index is 0.0314. The zero-order chi connectivity index (χ0) is 16.2. The highest BCUT2D eigenvalue weighted by Crippen LogP contribution is 2.34. The molecule has 118 valence electrons. The van der Waals surface area contributed by atoms with E-state index in [0.717, 1.165) is 6.42 Å². The van der Waals surface area contributed by atoms with Gasteiger partial charge in [-0.25, -0.2) is 9.67 Å². The predicted octanol–water partition coefficient (Wildman–Crippen LogP) is 3.23. The Kier molecular flexibility index (Phi) is 5.56. The molecule has 0 radical (unpaired) electrons. The maximum absolute atomic E-state index is 12.1. The standard InChI is InChI=1S/C15H17Cl2N3O2/c1-2-3-12(21)7-15(22,8-20-10-18-9-19-20)13-5-4-11(16)6-14(13)17/h4-6,9-10,22H,2-3,7-8H2,1H3. The molecule has 2 rings (SSSR count). The van der Waals surface area contributed by atoms with Gasteiger partial charge < -0.3 is 5.11 Å². The van der Waals surface area contributed by atoms with E-state index in [-0.39, 0.29) is 18.7 Å². The number of carbonyl (C=O) groups is 1. The van der Waals surface area contributed by atoms with Gasteiger partial charge in [0.1, 0.15) is 24.0 Å². The highest BCUT2D eigenvalue weighted by Gasteiger charge is 2.34. The lowest BCUT2D eigenvalue weighted by atomic mass is 9.87. The minimum Gasteiger partial charge on any atom is -0.383 e. The van der Waals surface area contributed by atoms with E-state index < -0.39 is 5.60 Å². The maximum Gasteiger partial charge on any atom is 0.137 e. The highest BCUT2D eigenvalue weighted by atomic mass is 35.5. The van der Waals surface area contributed by atoms with Crippen LogP contribution in [0.5, 0.6) is 0 Å². The molecule has 1 atom stereocenters. The highest BCUT2D eigenvalue weighted by molar-refractivity contribution is 6.35. The monoisotopic (exact) mass is 341 g/mol. The molecular formula is C15H17Cl2N3O2. The summed E-state index contributed by atoms with van der Waals surface area (Å²) in [6, 6.07) is 4.83. The van der Waals surface area contributed by atoms with E-state index in [2.05, 4.69) is 10.1 Å². The zero-order valence-corrected chi connectivity index (χ0v) is 13.7. The van der Waals surface area contributed by atoms with E-state index in [1.807, 2.05) is 6.92 Å². The summed E-state index contributed by atoms with van der Waals surface area (Å²) in [5.74, 6) is -0.0314. The van der Waals surface area contributed by atoms with E-state index in [9.17, 15) is 9.90 Å². The van der Waals surface area contributed by atoms with Gasteiger partial charge in [0.15, 0.2) is 0 Å². The molecule has 1 aromatic carbocycles. The number of rotatable bonds is 7. The average Bonchev–Trinajstić information content (AvgIpc) is 2.90. The maximum atomic E-state index is 12.1. The van der Waals surface area contributed by atoms with Crippen LogP contribution >= 0.6 is 23.2 Å². The van der Waals surface area contributed by atoms with Gasteiger partial charge in [-0.1, -0.05) is 36.2 Å². The first-order chi connectivity index (χ1) is 10.4. The molecule has 22 heavy (non-hydrogen) atoms. The summed E-state index contributed by atoms with van der Waals surface area (Å²) in [7, 11) is 0. The van der Waals surface area contributed by atoms with E-state index in [1.165, 1.54) is 17.3 Å². The van der Waals surface area contributed by atoms with Gasteiger partial charge in [-0.05, 0) is 18.6 Å². The molecule has 5 nitrogen and oxygen atoms in total. The molecule has 0 spiro atoms. The lowest BCUT2D eigenvalue weighted by Crippen LogP contribution is -2.34. The lowest BCUT2D eigenvalue weighted by molar-refractivity contribution is -0.125. The Labute approximate surface area is 138 Å². The van der Waals surface area contributed by atoms with Crippen molar-refractivity contribution < 1.29 is 9.90 Å². The topological polar surface area (TPSA) is 68.0 Å². The molecule has 1 unspecified atom stereocenters. The van der Waals surface area contributed by atoms with Crippen molar-refractivity contribution >= 4 is 29.0 Å². The fourth-order valence-corrected chi connectivity index (χ4v) is 2.96. The molecular weight excluding hydrogens is 325 g/mol. The van der Waals surface area contributed by atoms with Crippen molar-refractivity contribution in [2.24, 2.45) is 0 Å². The second-order valence-corrected chi connectivity index (χ2v) is 6.06. The second-order valence-electron chi connectivity index (χ2n) is 5.21. The predicted molar refractivity (Wildman–Crippen MR) is 84.9 cm³/mol. The number of benzene rings is 1. The first kappa shape index (κ1) is 16.9. The molecule has 1 aromatic heterocycles. The number of aliphatic hydroxyl groups is 1. The van der Waals surface area contributed by atoms with Gasteiger partial charge in [0.2, 0.25) is 0 Å². The Balaban J connectivity index is 2.37. The van der Waals surface area contributed by atoms with Crippen LogP contribution in [0.4, 0.5) is 0 Å². The van der Waals surface area contributed by atoms with Crippen LogP contribution in [0.25, 0.3) is 0 Å². The van der Waals surface area contributed by atoms with Gasteiger partial charge in [0.25, 0.3) is 0 Å². The number of aromatic nitrogens is 3. The van der Waals surface area contributed by atoms with Crippen LogP contribution in [0.15, 0.2) is 30.9 Å². The zero-order valence-electron chi connectivity index (χ0n) is 12.2. The molecule has 0 aliphatic rings. The largest absolute Gasteiger partial charge is 0.383 e. The molecule has 1 heterocycles. The molecule has 7 heteroatoms. The molecule has 0 bridgehead atoms. The molecule has 0 saturated carbocycles. The number of carbonyl (C=O) groups excluding carboxylic acids is 1.